The maximum Gasteiger partial charge on any atom is 0.130 e. The average Bonchev–Trinajstić information content (AvgIpc) is 2.32. The van der Waals surface area contributed by atoms with E-state index in [0.717, 1.165) is 11.8 Å². The van der Waals surface area contributed by atoms with E-state index in [2.05, 4.69) is 0 Å². The molecule has 2 aromatic rings. The Morgan fingerprint density at radius 2 is 1.00 bits per heavy atom. The Kier molecular flexibility index (Phi) is 3.48. The third-order valence-corrected chi connectivity index (χ3v) is 3.87. The molecule has 0 bridgehead atoms. The topological polar surface area (TPSA) is 80.9 Å². The van der Waals surface area contributed by atoms with Gasteiger partial charge >= 0.3 is 0 Å². The summed E-state index contributed by atoms with van der Waals surface area (Å²) < 4.78 is 0. The summed E-state index contributed by atoms with van der Waals surface area (Å²) in [5.74, 6) is 0.159. The van der Waals surface area contributed by atoms with Gasteiger partial charge in [-0.15, -0.1) is 0 Å². The van der Waals surface area contributed by atoms with Crippen LogP contribution in [0.3, 0.4) is 0 Å². The van der Waals surface area contributed by atoms with Gasteiger partial charge in [0.15, 0.2) is 0 Å². The molecule has 19 heavy (non-hydrogen) atoms. The molecule has 0 unspecified atom stereocenters. The molecule has 0 fully saturated rings. The molecule has 0 saturated carbocycles. The van der Waals surface area contributed by atoms with E-state index in [4.69, 9.17) is 0 Å². The van der Waals surface area contributed by atoms with E-state index in [-0.39, 0.29) is 23.0 Å². The van der Waals surface area contributed by atoms with Gasteiger partial charge in [0.1, 0.15) is 23.0 Å². The summed E-state index contributed by atoms with van der Waals surface area (Å²) in [5, 5.41) is 38.9. The zero-order chi connectivity index (χ0) is 14.2. The van der Waals surface area contributed by atoms with Crippen LogP contribution in [0.25, 0.3) is 0 Å². The molecular weight excluding hydrogens is 264 g/mol. The average molecular weight is 278 g/mol. The second-order valence-corrected chi connectivity index (χ2v) is 5.40. The zero-order valence-electron chi connectivity index (χ0n) is 10.5. The molecule has 0 saturated heterocycles. The molecule has 2 rings (SSSR count). The summed E-state index contributed by atoms with van der Waals surface area (Å²) in [4.78, 5) is 0.809. The normalized spacial score (nSPS) is 10.6. The summed E-state index contributed by atoms with van der Waals surface area (Å²) in [6.07, 6.45) is 0. The van der Waals surface area contributed by atoms with Crippen molar-refractivity contribution < 1.29 is 20.4 Å². The lowest BCUT2D eigenvalue weighted by Gasteiger charge is -2.10. The minimum atomic E-state index is 0.0137. The first-order valence-corrected chi connectivity index (χ1v) is 6.43. The van der Waals surface area contributed by atoms with Crippen LogP contribution in [-0.2, 0) is 0 Å². The Morgan fingerprint density at radius 3 is 1.37 bits per heavy atom. The van der Waals surface area contributed by atoms with Gasteiger partial charge in [-0.2, -0.15) is 0 Å². The number of hydrogen-bond donors (Lipinski definition) is 4. The van der Waals surface area contributed by atoms with Crippen LogP contribution in [0.5, 0.6) is 23.0 Å². The number of rotatable bonds is 2. The first-order chi connectivity index (χ1) is 8.88. The van der Waals surface area contributed by atoms with E-state index in [9.17, 15) is 20.4 Å². The maximum absolute atomic E-state index is 9.82. The van der Waals surface area contributed by atoms with Crippen LogP contribution < -0.4 is 0 Å². The monoisotopic (exact) mass is 278 g/mol. The number of benzene rings is 2. The first-order valence-electron chi connectivity index (χ1n) is 5.61. The standard InChI is InChI=1S/C14H14O4S/c1-7-3-11(17)13(5-9(7)15)19-14-6-10(16)8(2)4-12(14)18/h3-6,15-18H,1-2H3. The molecule has 0 amide bonds. The molecule has 4 nitrogen and oxygen atoms in total. The highest BCUT2D eigenvalue weighted by Gasteiger charge is 2.12. The molecule has 0 aliphatic heterocycles. The van der Waals surface area contributed by atoms with E-state index in [1.807, 2.05) is 0 Å². The fraction of sp³-hybridized carbons (Fsp3) is 0.143. The van der Waals surface area contributed by atoms with Gasteiger partial charge in [0.2, 0.25) is 0 Å². The van der Waals surface area contributed by atoms with Crippen LogP contribution in [0.15, 0.2) is 34.1 Å². The van der Waals surface area contributed by atoms with Crippen molar-refractivity contribution in [2.45, 2.75) is 23.6 Å². The minimum Gasteiger partial charge on any atom is -0.508 e. The first kappa shape index (κ1) is 13.4. The van der Waals surface area contributed by atoms with Crippen molar-refractivity contribution in [3.63, 3.8) is 0 Å². The predicted octanol–water partition coefficient (Wildman–Crippen LogP) is 3.28. The lowest BCUT2D eigenvalue weighted by atomic mass is 10.2. The van der Waals surface area contributed by atoms with Crippen LogP contribution in [0, 0.1) is 13.8 Å². The van der Waals surface area contributed by atoms with E-state index < -0.39 is 0 Å². The van der Waals surface area contributed by atoms with Gasteiger partial charge < -0.3 is 20.4 Å². The van der Waals surface area contributed by atoms with E-state index >= 15 is 0 Å². The molecule has 0 aliphatic carbocycles. The Hall–Kier alpha value is -2.01. The van der Waals surface area contributed by atoms with Crippen molar-refractivity contribution in [2.75, 3.05) is 0 Å². The SMILES string of the molecule is Cc1cc(O)c(Sc2cc(O)c(C)cc2O)cc1O. The van der Waals surface area contributed by atoms with Crippen LogP contribution in [0.2, 0.25) is 0 Å². The highest BCUT2D eigenvalue weighted by molar-refractivity contribution is 7.99. The van der Waals surface area contributed by atoms with Crippen molar-refractivity contribution in [2.24, 2.45) is 0 Å². The third-order valence-electron chi connectivity index (χ3n) is 2.77. The van der Waals surface area contributed by atoms with Gasteiger partial charge in [0.05, 0.1) is 9.79 Å². The minimum absolute atomic E-state index is 0.0137. The summed E-state index contributed by atoms with van der Waals surface area (Å²) in [5.41, 5.74) is 1.13. The van der Waals surface area contributed by atoms with Crippen LogP contribution >= 0.6 is 11.8 Å². The fourth-order valence-electron chi connectivity index (χ4n) is 1.61. The molecule has 5 heteroatoms. The Balaban J connectivity index is 2.42. The quantitative estimate of drug-likeness (QED) is 0.634. The van der Waals surface area contributed by atoms with Crippen molar-refractivity contribution in [1.82, 2.24) is 0 Å². The summed E-state index contributed by atoms with van der Waals surface area (Å²) in [7, 11) is 0. The summed E-state index contributed by atoms with van der Waals surface area (Å²) in [6.45, 7) is 3.36. The molecule has 0 heterocycles. The highest BCUT2D eigenvalue weighted by Crippen LogP contribution is 2.43. The molecule has 0 aromatic heterocycles. The van der Waals surface area contributed by atoms with Gasteiger partial charge in [-0.3, -0.25) is 0 Å². The Morgan fingerprint density at radius 1 is 0.632 bits per heavy atom. The van der Waals surface area contributed by atoms with Crippen LogP contribution in [-0.4, -0.2) is 20.4 Å². The Labute approximate surface area is 115 Å². The van der Waals surface area contributed by atoms with E-state index in [1.165, 1.54) is 24.3 Å². The van der Waals surface area contributed by atoms with Crippen molar-refractivity contribution in [3.05, 3.63) is 35.4 Å². The molecule has 0 atom stereocenters. The number of aromatic hydroxyl groups is 4. The number of aryl methyl sites for hydroxylation is 2. The van der Waals surface area contributed by atoms with Crippen molar-refractivity contribution >= 4 is 11.8 Å². The molecule has 0 aliphatic rings. The van der Waals surface area contributed by atoms with Crippen molar-refractivity contribution in [3.8, 4) is 23.0 Å². The largest absolute Gasteiger partial charge is 0.508 e. The lowest BCUT2D eigenvalue weighted by Crippen LogP contribution is -1.82. The van der Waals surface area contributed by atoms with Gasteiger partial charge in [-0.1, -0.05) is 11.8 Å². The number of phenolic OH excluding ortho intramolecular Hbond substituents is 4. The van der Waals surface area contributed by atoms with Gasteiger partial charge in [0, 0.05) is 0 Å². The number of phenols is 4. The van der Waals surface area contributed by atoms with Gasteiger partial charge in [0.25, 0.3) is 0 Å². The summed E-state index contributed by atoms with van der Waals surface area (Å²) >= 11 is 1.07. The molecule has 0 radical (unpaired) electrons. The molecular formula is C14H14O4S. The molecule has 4 N–H and O–H groups in total. The summed E-state index contributed by atoms with van der Waals surface area (Å²) in [6, 6.07) is 5.74. The van der Waals surface area contributed by atoms with Crippen LogP contribution in [0.1, 0.15) is 11.1 Å². The number of hydrogen-bond acceptors (Lipinski definition) is 5. The van der Waals surface area contributed by atoms with E-state index in [0.29, 0.717) is 20.9 Å². The predicted molar refractivity (Wildman–Crippen MR) is 73.1 cm³/mol. The maximum atomic E-state index is 9.82. The van der Waals surface area contributed by atoms with Gasteiger partial charge in [-0.05, 0) is 49.2 Å². The molecule has 100 valence electrons. The zero-order valence-corrected chi connectivity index (χ0v) is 11.3. The fourth-order valence-corrected chi connectivity index (χ4v) is 2.51. The van der Waals surface area contributed by atoms with Gasteiger partial charge in [-0.25, -0.2) is 0 Å². The molecule has 0 spiro atoms. The van der Waals surface area contributed by atoms with E-state index in [1.54, 1.807) is 13.8 Å². The second kappa shape index (κ2) is 4.93. The van der Waals surface area contributed by atoms with Crippen molar-refractivity contribution in [1.29, 1.82) is 0 Å². The lowest BCUT2D eigenvalue weighted by molar-refractivity contribution is 0.443. The second-order valence-electron chi connectivity index (χ2n) is 4.31. The Bertz CT molecular complexity index is 582. The van der Waals surface area contributed by atoms with Crippen LogP contribution in [0.4, 0.5) is 0 Å². The smallest absolute Gasteiger partial charge is 0.130 e. The highest BCUT2D eigenvalue weighted by atomic mass is 32.2. The molecule has 2 aromatic carbocycles. The third kappa shape index (κ3) is 2.71.